The van der Waals surface area contributed by atoms with Crippen LogP contribution in [0.3, 0.4) is 0 Å². The number of nitrogens with zero attached hydrogens (tertiary/aromatic N) is 1. The molecule has 0 unspecified atom stereocenters. The molecule has 1 spiro atoms. The minimum Gasteiger partial charge on any atom is -0.497 e. The van der Waals surface area contributed by atoms with E-state index in [1.807, 2.05) is 54.6 Å². The summed E-state index contributed by atoms with van der Waals surface area (Å²) in [7, 11) is 3.00. The van der Waals surface area contributed by atoms with Gasteiger partial charge in [-0.05, 0) is 30.2 Å². The van der Waals surface area contributed by atoms with Crippen LogP contribution in [0.4, 0.5) is 11.4 Å². The maximum atomic E-state index is 14.2. The van der Waals surface area contributed by atoms with Gasteiger partial charge in [-0.1, -0.05) is 48.5 Å². The Hall–Kier alpha value is -4.17. The van der Waals surface area contributed by atoms with Gasteiger partial charge < -0.3 is 14.8 Å². The predicted octanol–water partition coefficient (Wildman–Crippen LogP) is 2.87. The van der Waals surface area contributed by atoms with Gasteiger partial charge in [0, 0.05) is 23.4 Å². The highest BCUT2D eigenvalue weighted by Gasteiger charge is 2.70. The average Bonchev–Trinajstić information content (AvgIpc) is 3.48. The average molecular weight is 484 g/mol. The molecule has 2 N–H and O–H groups in total. The Kier molecular flexibility index (Phi) is 5.08. The van der Waals surface area contributed by atoms with Crippen LogP contribution < -0.4 is 25.0 Å². The molecule has 2 fully saturated rings. The number of anilines is 2. The zero-order chi connectivity index (χ0) is 25.0. The topological polar surface area (TPSA) is 97.0 Å². The highest BCUT2D eigenvalue weighted by atomic mass is 16.5. The molecule has 3 aliphatic rings. The van der Waals surface area contributed by atoms with Gasteiger partial charge in [0.15, 0.2) is 0 Å². The van der Waals surface area contributed by atoms with Crippen molar-refractivity contribution in [1.29, 1.82) is 0 Å². The molecular formula is C28H25N3O5. The molecule has 2 saturated heterocycles. The van der Waals surface area contributed by atoms with Crippen molar-refractivity contribution in [3.8, 4) is 11.5 Å². The van der Waals surface area contributed by atoms with Gasteiger partial charge in [-0.25, -0.2) is 4.90 Å². The van der Waals surface area contributed by atoms with E-state index in [9.17, 15) is 14.4 Å². The fourth-order valence-electron chi connectivity index (χ4n) is 6.01. The molecule has 0 aromatic heterocycles. The highest BCUT2D eigenvalue weighted by molar-refractivity contribution is 6.26. The zero-order valence-corrected chi connectivity index (χ0v) is 19.9. The molecule has 8 heteroatoms. The van der Waals surface area contributed by atoms with Crippen LogP contribution in [0, 0.1) is 11.8 Å². The number of nitrogens with one attached hydrogen (secondary N) is 2. The van der Waals surface area contributed by atoms with E-state index in [4.69, 9.17) is 9.47 Å². The van der Waals surface area contributed by atoms with Crippen LogP contribution in [-0.2, 0) is 26.3 Å². The first-order valence-corrected chi connectivity index (χ1v) is 11.8. The van der Waals surface area contributed by atoms with E-state index < -0.39 is 29.3 Å². The minimum atomic E-state index is -1.35. The maximum absolute atomic E-state index is 14.2. The predicted molar refractivity (Wildman–Crippen MR) is 133 cm³/mol. The molecule has 3 aromatic rings. The summed E-state index contributed by atoms with van der Waals surface area (Å²) < 4.78 is 10.9. The van der Waals surface area contributed by atoms with E-state index in [-0.39, 0.29) is 11.8 Å². The number of benzene rings is 3. The Morgan fingerprint density at radius 2 is 1.64 bits per heavy atom. The molecule has 3 amide bonds. The number of carbonyl (C=O) groups excluding carboxylic acids is 3. The van der Waals surface area contributed by atoms with E-state index in [1.54, 1.807) is 18.2 Å². The number of imide groups is 1. The summed E-state index contributed by atoms with van der Waals surface area (Å²) in [4.78, 5) is 43.0. The smallest absolute Gasteiger partial charge is 0.250 e. The van der Waals surface area contributed by atoms with Crippen molar-refractivity contribution in [2.75, 3.05) is 24.4 Å². The summed E-state index contributed by atoms with van der Waals surface area (Å²) in [5.74, 6) is -1.93. The first kappa shape index (κ1) is 22.3. The highest BCUT2D eigenvalue weighted by Crippen LogP contribution is 2.54. The van der Waals surface area contributed by atoms with Crippen molar-refractivity contribution in [3.05, 3.63) is 83.9 Å². The fraction of sp³-hybridized carbons (Fsp3) is 0.250. The quantitative estimate of drug-likeness (QED) is 0.542. The largest absolute Gasteiger partial charge is 0.497 e. The normalized spacial score (nSPS) is 26.2. The Balaban J connectivity index is 1.51. The number of rotatable bonds is 5. The lowest BCUT2D eigenvalue weighted by Crippen LogP contribution is -2.53. The fourth-order valence-corrected chi connectivity index (χ4v) is 6.01. The van der Waals surface area contributed by atoms with Crippen molar-refractivity contribution in [1.82, 2.24) is 5.32 Å². The number of amides is 3. The van der Waals surface area contributed by atoms with Crippen molar-refractivity contribution < 1.29 is 23.9 Å². The Bertz CT molecular complexity index is 1390. The third-order valence-electron chi connectivity index (χ3n) is 7.55. The zero-order valence-electron chi connectivity index (χ0n) is 19.9. The van der Waals surface area contributed by atoms with Crippen molar-refractivity contribution in [3.63, 3.8) is 0 Å². The van der Waals surface area contributed by atoms with Crippen LogP contribution in [0.2, 0.25) is 0 Å². The molecule has 3 aliphatic heterocycles. The summed E-state index contributed by atoms with van der Waals surface area (Å²) in [5.41, 5.74) is 1.29. The molecule has 6 rings (SSSR count). The third kappa shape index (κ3) is 3.01. The third-order valence-corrected chi connectivity index (χ3v) is 7.55. The molecule has 3 heterocycles. The molecule has 36 heavy (non-hydrogen) atoms. The van der Waals surface area contributed by atoms with Crippen LogP contribution in [0.15, 0.2) is 72.8 Å². The van der Waals surface area contributed by atoms with Gasteiger partial charge in [-0.3, -0.25) is 19.7 Å². The van der Waals surface area contributed by atoms with Crippen LogP contribution in [0.25, 0.3) is 0 Å². The number of hydrogen-bond acceptors (Lipinski definition) is 6. The summed E-state index contributed by atoms with van der Waals surface area (Å²) in [6, 6.07) is 21.6. The summed E-state index contributed by atoms with van der Waals surface area (Å²) in [5, 5.41) is 6.40. The second-order valence-corrected chi connectivity index (χ2v) is 9.30. The minimum absolute atomic E-state index is 0.307. The monoisotopic (exact) mass is 483 g/mol. The SMILES string of the molecule is COc1ccc(OC)c(N2C(=O)[C@@H]3[C@H](Cc4ccccc4)N[C@]4(C(=O)Nc5ccccc54)[C@@H]3C2=O)c1. The van der Waals surface area contributed by atoms with Crippen molar-refractivity contribution in [2.45, 2.75) is 18.0 Å². The molecule has 3 aromatic carbocycles. The maximum Gasteiger partial charge on any atom is 0.250 e. The number of para-hydroxylation sites is 1. The van der Waals surface area contributed by atoms with Gasteiger partial charge >= 0.3 is 0 Å². The van der Waals surface area contributed by atoms with Crippen molar-refractivity contribution >= 4 is 29.1 Å². The van der Waals surface area contributed by atoms with Crippen LogP contribution in [0.1, 0.15) is 11.1 Å². The summed E-state index contributed by atoms with van der Waals surface area (Å²) in [6.07, 6.45) is 0.487. The van der Waals surface area contributed by atoms with E-state index in [2.05, 4.69) is 10.6 Å². The van der Waals surface area contributed by atoms with E-state index in [0.29, 0.717) is 34.9 Å². The van der Waals surface area contributed by atoms with Crippen LogP contribution in [-0.4, -0.2) is 38.0 Å². The molecule has 0 aliphatic carbocycles. The Labute approximate surface area is 208 Å². The summed E-state index contributed by atoms with van der Waals surface area (Å²) in [6.45, 7) is 0. The number of hydrogen-bond donors (Lipinski definition) is 2. The molecule has 8 nitrogen and oxygen atoms in total. The molecule has 0 bridgehead atoms. The van der Waals surface area contributed by atoms with Gasteiger partial charge in [0.2, 0.25) is 17.7 Å². The number of methoxy groups -OCH3 is 2. The number of fused-ring (bicyclic) bond motifs is 4. The van der Waals surface area contributed by atoms with E-state index in [1.165, 1.54) is 19.1 Å². The van der Waals surface area contributed by atoms with Gasteiger partial charge in [0.1, 0.15) is 17.0 Å². The van der Waals surface area contributed by atoms with E-state index >= 15 is 0 Å². The Morgan fingerprint density at radius 1 is 0.889 bits per heavy atom. The van der Waals surface area contributed by atoms with Gasteiger partial charge in [0.25, 0.3) is 0 Å². The second-order valence-electron chi connectivity index (χ2n) is 9.30. The first-order valence-electron chi connectivity index (χ1n) is 11.8. The lowest BCUT2D eigenvalue weighted by molar-refractivity contribution is -0.130. The molecule has 182 valence electrons. The van der Waals surface area contributed by atoms with Crippen molar-refractivity contribution in [2.24, 2.45) is 11.8 Å². The van der Waals surface area contributed by atoms with Gasteiger partial charge in [-0.2, -0.15) is 0 Å². The van der Waals surface area contributed by atoms with E-state index in [0.717, 1.165) is 5.56 Å². The number of ether oxygens (including phenoxy) is 2. The molecular weight excluding hydrogens is 458 g/mol. The van der Waals surface area contributed by atoms with Crippen LogP contribution >= 0.6 is 0 Å². The van der Waals surface area contributed by atoms with Gasteiger partial charge in [-0.15, -0.1) is 0 Å². The lowest BCUT2D eigenvalue weighted by Gasteiger charge is -2.30. The molecule has 0 radical (unpaired) electrons. The lowest BCUT2D eigenvalue weighted by atomic mass is 9.76. The van der Waals surface area contributed by atoms with Gasteiger partial charge in [0.05, 0.1) is 31.7 Å². The van der Waals surface area contributed by atoms with Crippen LogP contribution in [0.5, 0.6) is 11.5 Å². The second kappa shape index (κ2) is 8.20. The number of carbonyl (C=O) groups is 3. The molecule has 0 saturated carbocycles. The molecule has 4 atom stereocenters. The Morgan fingerprint density at radius 3 is 2.39 bits per heavy atom. The summed E-state index contributed by atoms with van der Waals surface area (Å²) >= 11 is 0. The first-order chi connectivity index (χ1) is 17.5. The standard InChI is InChI=1S/C28H25N3O5/c1-35-17-12-13-22(36-2)21(15-17)31-25(32)23-20(14-16-8-4-3-5-9-16)30-28(24(23)26(31)33)18-10-6-7-11-19(18)29-27(28)34/h3-13,15,20,23-24,30H,14H2,1-2H3,(H,29,34)/t20-,23+,24-,28-/m0/s1.